The van der Waals surface area contributed by atoms with Crippen LogP contribution in [0.2, 0.25) is 0 Å². The molecule has 0 aromatic carbocycles. The second kappa shape index (κ2) is 2.76. The summed E-state index contributed by atoms with van der Waals surface area (Å²) in [5.41, 5.74) is 1.14. The van der Waals surface area contributed by atoms with Gasteiger partial charge < -0.3 is 0 Å². The summed E-state index contributed by atoms with van der Waals surface area (Å²) >= 11 is 7.50. The van der Waals surface area contributed by atoms with E-state index in [0.717, 1.165) is 11.6 Å². The molecule has 1 aromatic rings. The first-order valence-corrected chi connectivity index (χ1v) is 5.20. The zero-order chi connectivity index (χ0) is 7.84. The SMILES string of the molecule is Cc1csc([C@@H]2C[C@@H]2CCl)n1. The van der Waals surface area contributed by atoms with Crippen LogP contribution in [0.3, 0.4) is 0 Å². The first-order valence-electron chi connectivity index (χ1n) is 3.79. The summed E-state index contributed by atoms with van der Waals surface area (Å²) in [4.78, 5) is 4.43. The fraction of sp³-hybridized carbons (Fsp3) is 0.625. The minimum Gasteiger partial charge on any atom is -0.246 e. The third-order valence-electron chi connectivity index (χ3n) is 2.07. The Bertz CT molecular complexity index is 258. The highest BCUT2D eigenvalue weighted by molar-refractivity contribution is 7.09. The Hall–Kier alpha value is -0.0800. The standard InChI is InChI=1S/C8H10ClNS/c1-5-4-11-8(10-5)7-2-6(7)3-9/h4,6-7H,2-3H2,1H3/t6-,7-/m1/s1. The molecule has 1 aliphatic rings. The van der Waals surface area contributed by atoms with Crippen LogP contribution >= 0.6 is 22.9 Å². The molecule has 2 atom stereocenters. The highest BCUT2D eigenvalue weighted by atomic mass is 35.5. The zero-order valence-corrected chi connectivity index (χ0v) is 7.95. The molecule has 0 saturated heterocycles. The van der Waals surface area contributed by atoms with Crippen molar-refractivity contribution in [3.63, 3.8) is 0 Å². The summed E-state index contributed by atoms with van der Waals surface area (Å²) in [5, 5.41) is 3.40. The van der Waals surface area contributed by atoms with Crippen LogP contribution in [0.5, 0.6) is 0 Å². The molecule has 60 valence electrons. The molecule has 1 fully saturated rings. The second-order valence-corrected chi connectivity index (χ2v) is 4.28. The molecule has 0 amide bonds. The Labute approximate surface area is 75.4 Å². The Morgan fingerprint density at radius 2 is 2.64 bits per heavy atom. The van der Waals surface area contributed by atoms with Gasteiger partial charge in [-0.3, -0.25) is 0 Å². The summed E-state index contributed by atoms with van der Waals surface area (Å²) < 4.78 is 0. The summed E-state index contributed by atoms with van der Waals surface area (Å²) in [6, 6.07) is 0. The van der Waals surface area contributed by atoms with Gasteiger partial charge in [0, 0.05) is 22.9 Å². The van der Waals surface area contributed by atoms with Crippen molar-refractivity contribution in [3.05, 3.63) is 16.1 Å². The van der Waals surface area contributed by atoms with Crippen molar-refractivity contribution in [3.8, 4) is 0 Å². The Morgan fingerprint density at radius 1 is 1.82 bits per heavy atom. The number of rotatable bonds is 2. The molecule has 3 heteroatoms. The van der Waals surface area contributed by atoms with Crippen LogP contribution in [-0.2, 0) is 0 Å². The third kappa shape index (κ3) is 1.42. The number of halogens is 1. The van der Waals surface area contributed by atoms with Gasteiger partial charge in [-0.2, -0.15) is 0 Å². The van der Waals surface area contributed by atoms with Crippen LogP contribution in [0.15, 0.2) is 5.38 Å². The predicted molar refractivity (Wildman–Crippen MR) is 48.4 cm³/mol. The average Bonchev–Trinajstić information content (AvgIpc) is 2.68. The number of nitrogens with zero attached hydrogens (tertiary/aromatic N) is 1. The van der Waals surface area contributed by atoms with E-state index in [-0.39, 0.29) is 0 Å². The maximum absolute atomic E-state index is 5.73. The maximum atomic E-state index is 5.73. The Kier molecular flexibility index (Phi) is 1.90. The Balaban J connectivity index is 2.08. The quantitative estimate of drug-likeness (QED) is 0.649. The minimum absolute atomic E-state index is 0.686. The van der Waals surface area contributed by atoms with E-state index in [1.165, 1.54) is 11.4 Å². The van der Waals surface area contributed by atoms with Gasteiger partial charge in [0.25, 0.3) is 0 Å². The molecule has 1 heterocycles. The smallest absolute Gasteiger partial charge is 0.0962 e. The van der Waals surface area contributed by atoms with Gasteiger partial charge in [-0.15, -0.1) is 22.9 Å². The molecule has 0 bridgehead atoms. The lowest BCUT2D eigenvalue weighted by atomic mass is 10.3. The maximum Gasteiger partial charge on any atom is 0.0962 e. The van der Waals surface area contributed by atoms with Gasteiger partial charge in [-0.05, 0) is 19.3 Å². The van der Waals surface area contributed by atoms with Crippen molar-refractivity contribution < 1.29 is 0 Å². The van der Waals surface area contributed by atoms with E-state index in [9.17, 15) is 0 Å². The largest absolute Gasteiger partial charge is 0.246 e. The van der Waals surface area contributed by atoms with E-state index in [4.69, 9.17) is 11.6 Å². The van der Waals surface area contributed by atoms with E-state index < -0.39 is 0 Å². The van der Waals surface area contributed by atoms with Crippen LogP contribution in [0.1, 0.15) is 23.0 Å². The number of aromatic nitrogens is 1. The summed E-state index contributed by atoms with van der Waals surface area (Å²) in [5.74, 6) is 2.19. The van der Waals surface area contributed by atoms with Gasteiger partial charge in [0.05, 0.1) is 5.01 Å². The fourth-order valence-electron chi connectivity index (χ4n) is 1.26. The molecule has 1 aliphatic carbocycles. The number of thiazole rings is 1. The van der Waals surface area contributed by atoms with Crippen LogP contribution in [0, 0.1) is 12.8 Å². The number of alkyl halides is 1. The van der Waals surface area contributed by atoms with Crippen LogP contribution in [0.25, 0.3) is 0 Å². The lowest BCUT2D eigenvalue weighted by Gasteiger charge is -1.88. The van der Waals surface area contributed by atoms with Crippen LogP contribution in [0.4, 0.5) is 0 Å². The lowest BCUT2D eigenvalue weighted by molar-refractivity contribution is 0.909. The second-order valence-electron chi connectivity index (χ2n) is 3.08. The highest BCUT2D eigenvalue weighted by Crippen LogP contribution is 2.48. The molecule has 1 nitrogen and oxygen atoms in total. The molecule has 0 radical (unpaired) electrons. The van der Waals surface area contributed by atoms with Gasteiger partial charge in [0.1, 0.15) is 0 Å². The van der Waals surface area contributed by atoms with Crippen molar-refractivity contribution in [2.75, 3.05) is 5.88 Å². The van der Waals surface area contributed by atoms with E-state index >= 15 is 0 Å². The molecule has 11 heavy (non-hydrogen) atoms. The van der Waals surface area contributed by atoms with Gasteiger partial charge in [0.2, 0.25) is 0 Å². The summed E-state index contributed by atoms with van der Waals surface area (Å²) in [6.07, 6.45) is 1.25. The van der Waals surface area contributed by atoms with Gasteiger partial charge in [-0.1, -0.05) is 0 Å². The van der Waals surface area contributed by atoms with Gasteiger partial charge in [0.15, 0.2) is 0 Å². The van der Waals surface area contributed by atoms with Crippen LogP contribution < -0.4 is 0 Å². The highest BCUT2D eigenvalue weighted by Gasteiger charge is 2.39. The number of hydrogen-bond donors (Lipinski definition) is 0. The van der Waals surface area contributed by atoms with Crippen molar-refractivity contribution >= 4 is 22.9 Å². The summed E-state index contributed by atoms with van der Waals surface area (Å²) in [6.45, 7) is 2.04. The van der Waals surface area contributed by atoms with Gasteiger partial charge >= 0.3 is 0 Å². The predicted octanol–water partition coefficient (Wildman–Crippen LogP) is 2.79. The minimum atomic E-state index is 0.686. The van der Waals surface area contributed by atoms with E-state index in [1.54, 1.807) is 11.3 Å². The molecule has 2 rings (SSSR count). The van der Waals surface area contributed by atoms with E-state index in [2.05, 4.69) is 10.4 Å². The van der Waals surface area contributed by atoms with Crippen molar-refractivity contribution in [1.29, 1.82) is 0 Å². The molecule has 0 N–H and O–H groups in total. The van der Waals surface area contributed by atoms with Crippen molar-refractivity contribution in [2.24, 2.45) is 5.92 Å². The number of hydrogen-bond acceptors (Lipinski definition) is 2. The summed E-state index contributed by atoms with van der Waals surface area (Å²) in [7, 11) is 0. The van der Waals surface area contributed by atoms with E-state index in [0.29, 0.717) is 11.8 Å². The lowest BCUT2D eigenvalue weighted by Crippen LogP contribution is -1.83. The molecule has 0 unspecified atom stereocenters. The van der Waals surface area contributed by atoms with Crippen molar-refractivity contribution in [1.82, 2.24) is 4.98 Å². The molecular formula is C8H10ClNS. The fourth-order valence-corrected chi connectivity index (χ4v) is 2.61. The zero-order valence-electron chi connectivity index (χ0n) is 6.38. The van der Waals surface area contributed by atoms with Crippen molar-refractivity contribution in [2.45, 2.75) is 19.3 Å². The van der Waals surface area contributed by atoms with Crippen LogP contribution in [-0.4, -0.2) is 10.9 Å². The molecule has 0 spiro atoms. The molecule has 0 aliphatic heterocycles. The first-order chi connectivity index (χ1) is 5.31. The van der Waals surface area contributed by atoms with E-state index in [1.807, 2.05) is 6.92 Å². The molecule has 1 aromatic heterocycles. The monoisotopic (exact) mass is 187 g/mol. The normalized spacial score (nSPS) is 28.9. The topological polar surface area (TPSA) is 12.9 Å². The number of aryl methyl sites for hydroxylation is 1. The third-order valence-corrected chi connectivity index (χ3v) is 3.57. The average molecular weight is 188 g/mol. The first kappa shape index (κ1) is 7.56. The molecular weight excluding hydrogens is 178 g/mol. The Morgan fingerprint density at radius 3 is 3.09 bits per heavy atom. The van der Waals surface area contributed by atoms with Gasteiger partial charge in [-0.25, -0.2) is 4.98 Å². The molecule has 1 saturated carbocycles.